The molecule has 0 fully saturated rings. The zero-order valence-corrected chi connectivity index (χ0v) is 16.2. The van der Waals surface area contributed by atoms with Gasteiger partial charge in [0.15, 0.2) is 5.13 Å². The van der Waals surface area contributed by atoms with Crippen molar-refractivity contribution in [2.24, 2.45) is 5.92 Å². The Hall–Kier alpha value is -0.260. The molecule has 0 saturated carbocycles. The summed E-state index contributed by atoms with van der Waals surface area (Å²) in [6.45, 7) is 14.3. The van der Waals surface area contributed by atoms with Gasteiger partial charge in [0.1, 0.15) is 0 Å². The first-order valence-electron chi connectivity index (χ1n) is 7.66. The predicted molar refractivity (Wildman–Crippen MR) is 99.0 cm³/mol. The number of hydrogen-bond acceptors (Lipinski definition) is 5. The van der Waals surface area contributed by atoms with Crippen LogP contribution in [0.3, 0.4) is 0 Å². The summed E-state index contributed by atoms with van der Waals surface area (Å²) in [6.07, 6.45) is 2.15. The standard InChI is InChI=1S/C16H31N3S2/c1-12(2)10-17-11-13-14(16(3,4)5)18-15(21-13)19(6)8-9-20-7/h12,17H,8-11H2,1-7H3. The van der Waals surface area contributed by atoms with Crippen LogP contribution < -0.4 is 10.2 Å². The first kappa shape index (κ1) is 18.8. The molecule has 1 heterocycles. The Labute approximate surface area is 138 Å². The Balaban J connectivity index is 2.86. The van der Waals surface area contributed by atoms with Crippen molar-refractivity contribution >= 4 is 28.2 Å². The molecule has 1 rings (SSSR count). The number of thioether (sulfide) groups is 1. The molecule has 122 valence electrons. The van der Waals surface area contributed by atoms with Crippen molar-refractivity contribution in [3.05, 3.63) is 10.6 Å². The summed E-state index contributed by atoms with van der Waals surface area (Å²) in [5.41, 5.74) is 1.35. The average Bonchev–Trinajstić information content (AvgIpc) is 2.79. The quantitative estimate of drug-likeness (QED) is 0.781. The number of aromatic nitrogens is 1. The molecule has 1 aromatic rings. The van der Waals surface area contributed by atoms with Gasteiger partial charge >= 0.3 is 0 Å². The highest BCUT2D eigenvalue weighted by Gasteiger charge is 2.24. The lowest BCUT2D eigenvalue weighted by molar-refractivity contribution is 0.535. The fraction of sp³-hybridized carbons (Fsp3) is 0.812. The van der Waals surface area contributed by atoms with E-state index in [-0.39, 0.29) is 5.41 Å². The summed E-state index contributed by atoms with van der Waals surface area (Å²) in [5.74, 6) is 1.82. The zero-order chi connectivity index (χ0) is 16.0. The minimum atomic E-state index is 0.101. The van der Waals surface area contributed by atoms with Crippen LogP contribution in [0.5, 0.6) is 0 Å². The van der Waals surface area contributed by atoms with Crippen molar-refractivity contribution in [1.82, 2.24) is 10.3 Å². The van der Waals surface area contributed by atoms with E-state index in [1.165, 1.54) is 10.6 Å². The van der Waals surface area contributed by atoms with E-state index in [1.54, 1.807) is 0 Å². The molecule has 0 aliphatic carbocycles. The Kier molecular flexibility index (Phi) is 7.51. The number of rotatable bonds is 8. The third-order valence-electron chi connectivity index (χ3n) is 3.19. The van der Waals surface area contributed by atoms with E-state index in [0.717, 1.165) is 30.5 Å². The molecule has 0 atom stereocenters. The Morgan fingerprint density at radius 2 is 2.00 bits per heavy atom. The van der Waals surface area contributed by atoms with Gasteiger partial charge in [-0.15, -0.1) is 11.3 Å². The van der Waals surface area contributed by atoms with Crippen molar-refractivity contribution in [3.63, 3.8) is 0 Å². The number of nitrogens with one attached hydrogen (secondary N) is 1. The van der Waals surface area contributed by atoms with E-state index in [2.05, 4.69) is 58.1 Å². The maximum atomic E-state index is 4.93. The van der Waals surface area contributed by atoms with Crippen LogP contribution in [0, 0.1) is 5.92 Å². The minimum absolute atomic E-state index is 0.101. The molecular weight excluding hydrogens is 298 g/mol. The van der Waals surface area contributed by atoms with Gasteiger partial charge in [-0.3, -0.25) is 0 Å². The van der Waals surface area contributed by atoms with Crippen molar-refractivity contribution < 1.29 is 0 Å². The molecule has 0 aromatic carbocycles. The van der Waals surface area contributed by atoms with Crippen molar-refractivity contribution in [2.75, 3.05) is 37.0 Å². The maximum absolute atomic E-state index is 4.93. The molecule has 0 spiro atoms. The van der Waals surface area contributed by atoms with Crippen molar-refractivity contribution in [1.29, 1.82) is 0 Å². The molecule has 0 aliphatic rings. The fourth-order valence-electron chi connectivity index (χ4n) is 2.01. The molecule has 21 heavy (non-hydrogen) atoms. The Morgan fingerprint density at radius 1 is 1.33 bits per heavy atom. The summed E-state index contributed by atoms with van der Waals surface area (Å²) in [5, 5.41) is 4.71. The van der Waals surface area contributed by atoms with Crippen LogP contribution in [0.4, 0.5) is 5.13 Å². The molecule has 1 N–H and O–H groups in total. The second-order valence-corrected chi connectivity index (χ2v) is 9.00. The van der Waals surface area contributed by atoms with E-state index in [0.29, 0.717) is 5.92 Å². The highest BCUT2D eigenvalue weighted by molar-refractivity contribution is 7.98. The van der Waals surface area contributed by atoms with Gasteiger partial charge in [0, 0.05) is 36.2 Å². The smallest absolute Gasteiger partial charge is 0.185 e. The van der Waals surface area contributed by atoms with Gasteiger partial charge in [0.05, 0.1) is 5.69 Å². The van der Waals surface area contributed by atoms with Crippen LogP contribution in [-0.4, -0.2) is 37.1 Å². The summed E-state index contributed by atoms with van der Waals surface area (Å²) < 4.78 is 0. The SMILES string of the molecule is CSCCN(C)c1nc(C(C)(C)C)c(CNCC(C)C)s1. The predicted octanol–water partition coefficient (Wildman–Crippen LogP) is 3.99. The lowest BCUT2D eigenvalue weighted by Gasteiger charge is -2.18. The van der Waals surface area contributed by atoms with Gasteiger partial charge in [0.25, 0.3) is 0 Å². The van der Waals surface area contributed by atoms with Gasteiger partial charge in [-0.1, -0.05) is 34.6 Å². The zero-order valence-electron chi connectivity index (χ0n) is 14.6. The normalized spacial score (nSPS) is 12.2. The van der Waals surface area contributed by atoms with Crippen LogP contribution in [0.1, 0.15) is 45.2 Å². The van der Waals surface area contributed by atoms with Gasteiger partial charge in [-0.2, -0.15) is 11.8 Å². The third-order valence-corrected chi connectivity index (χ3v) is 4.95. The van der Waals surface area contributed by atoms with Crippen LogP contribution in [-0.2, 0) is 12.0 Å². The minimum Gasteiger partial charge on any atom is -0.350 e. The molecule has 3 nitrogen and oxygen atoms in total. The first-order chi connectivity index (χ1) is 9.75. The topological polar surface area (TPSA) is 28.2 Å². The highest BCUT2D eigenvalue weighted by atomic mass is 32.2. The van der Waals surface area contributed by atoms with Crippen LogP contribution in [0.25, 0.3) is 0 Å². The highest BCUT2D eigenvalue weighted by Crippen LogP contribution is 2.33. The summed E-state index contributed by atoms with van der Waals surface area (Å²) in [7, 11) is 2.15. The third kappa shape index (κ3) is 6.17. The van der Waals surface area contributed by atoms with E-state index in [9.17, 15) is 0 Å². The monoisotopic (exact) mass is 329 g/mol. The average molecular weight is 330 g/mol. The Morgan fingerprint density at radius 3 is 2.52 bits per heavy atom. The molecule has 0 radical (unpaired) electrons. The van der Waals surface area contributed by atoms with Gasteiger partial charge in [-0.05, 0) is 18.7 Å². The van der Waals surface area contributed by atoms with E-state index >= 15 is 0 Å². The lowest BCUT2D eigenvalue weighted by atomic mass is 9.91. The first-order valence-corrected chi connectivity index (χ1v) is 9.87. The number of nitrogens with zero attached hydrogens (tertiary/aromatic N) is 2. The van der Waals surface area contributed by atoms with Gasteiger partial charge in [0.2, 0.25) is 0 Å². The van der Waals surface area contributed by atoms with Crippen LogP contribution in [0.2, 0.25) is 0 Å². The van der Waals surface area contributed by atoms with Crippen LogP contribution >= 0.6 is 23.1 Å². The molecule has 1 aromatic heterocycles. The summed E-state index contributed by atoms with van der Waals surface area (Å²) in [4.78, 5) is 8.59. The molecule has 0 unspecified atom stereocenters. The second kappa shape index (κ2) is 8.39. The maximum Gasteiger partial charge on any atom is 0.185 e. The number of thiazole rings is 1. The molecule has 0 saturated heterocycles. The van der Waals surface area contributed by atoms with E-state index in [4.69, 9.17) is 4.98 Å². The Bertz CT molecular complexity index is 422. The number of hydrogen-bond donors (Lipinski definition) is 1. The molecule has 0 bridgehead atoms. The second-order valence-electron chi connectivity index (χ2n) is 6.96. The van der Waals surface area contributed by atoms with Crippen molar-refractivity contribution in [3.8, 4) is 0 Å². The van der Waals surface area contributed by atoms with E-state index in [1.807, 2.05) is 23.1 Å². The molecule has 0 amide bonds. The van der Waals surface area contributed by atoms with Crippen molar-refractivity contribution in [2.45, 2.75) is 46.6 Å². The van der Waals surface area contributed by atoms with E-state index < -0.39 is 0 Å². The molecule has 5 heteroatoms. The molecular formula is C16H31N3S2. The largest absolute Gasteiger partial charge is 0.350 e. The summed E-state index contributed by atoms with van der Waals surface area (Å²) >= 11 is 3.72. The fourth-order valence-corrected chi connectivity index (χ4v) is 3.69. The van der Waals surface area contributed by atoms with Gasteiger partial charge in [-0.25, -0.2) is 4.98 Å². The summed E-state index contributed by atoms with van der Waals surface area (Å²) in [6, 6.07) is 0. The number of anilines is 1. The van der Waals surface area contributed by atoms with Crippen LogP contribution in [0.15, 0.2) is 0 Å². The van der Waals surface area contributed by atoms with Gasteiger partial charge < -0.3 is 10.2 Å². The lowest BCUT2D eigenvalue weighted by Crippen LogP contribution is -2.22. The molecule has 0 aliphatic heterocycles.